The lowest BCUT2D eigenvalue weighted by Crippen LogP contribution is -2.38. The van der Waals surface area contributed by atoms with Crippen LogP contribution >= 0.6 is 22.9 Å². The molecule has 0 N–H and O–H groups in total. The third-order valence-corrected chi connectivity index (χ3v) is 7.82. The largest absolute Gasteiger partial charge is 0.497 e. The van der Waals surface area contributed by atoms with E-state index in [9.17, 15) is 4.79 Å². The van der Waals surface area contributed by atoms with Gasteiger partial charge in [0, 0.05) is 10.6 Å². The summed E-state index contributed by atoms with van der Waals surface area (Å²) in [7, 11) is 1.66. The Labute approximate surface area is 205 Å². The lowest BCUT2D eigenvalue weighted by Gasteiger charge is -2.30. The van der Waals surface area contributed by atoms with Crippen LogP contribution in [0.15, 0.2) is 88.2 Å². The van der Waals surface area contributed by atoms with Gasteiger partial charge in [0.05, 0.1) is 23.4 Å². The monoisotopic (exact) mass is 484 g/mol. The highest BCUT2D eigenvalue weighted by Gasteiger charge is 2.32. The predicted molar refractivity (Wildman–Crippen MR) is 137 cm³/mol. The normalized spacial score (nSPS) is 17.0. The van der Waals surface area contributed by atoms with E-state index < -0.39 is 0 Å². The van der Waals surface area contributed by atoms with Crippen molar-refractivity contribution in [2.75, 3.05) is 7.11 Å². The van der Waals surface area contributed by atoms with Crippen LogP contribution in [-0.4, -0.2) is 11.7 Å². The summed E-state index contributed by atoms with van der Waals surface area (Å²) in [5, 5.41) is 0.619. The van der Waals surface area contributed by atoms with Crippen LogP contribution in [0.25, 0.3) is 11.8 Å². The van der Waals surface area contributed by atoms with Gasteiger partial charge in [0.15, 0.2) is 4.80 Å². The Morgan fingerprint density at radius 2 is 1.79 bits per heavy atom. The second-order valence-corrected chi connectivity index (χ2v) is 9.82. The molecule has 4 aromatic rings. The van der Waals surface area contributed by atoms with Crippen molar-refractivity contribution in [1.29, 1.82) is 0 Å². The smallest absolute Gasteiger partial charge is 0.271 e. The number of aromatic nitrogens is 1. The van der Waals surface area contributed by atoms with Crippen LogP contribution in [0.5, 0.6) is 5.75 Å². The summed E-state index contributed by atoms with van der Waals surface area (Å²) in [6.45, 7) is 0. The van der Waals surface area contributed by atoms with E-state index in [4.69, 9.17) is 21.3 Å². The summed E-state index contributed by atoms with van der Waals surface area (Å²) in [6, 6.07) is 23.8. The van der Waals surface area contributed by atoms with Crippen molar-refractivity contribution < 1.29 is 4.74 Å². The first kappa shape index (κ1) is 21.1. The van der Waals surface area contributed by atoms with Gasteiger partial charge in [-0.25, -0.2) is 4.99 Å². The zero-order valence-corrected chi connectivity index (χ0v) is 20.1. The van der Waals surface area contributed by atoms with Crippen molar-refractivity contribution in [3.05, 3.63) is 125 Å². The molecule has 2 heterocycles. The van der Waals surface area contributed by atoms with Crippen LogP contribution < -0.4 is 19.6 Å². The van der Waals surface area contributed by atoms with E-state index in [2.05, 4.69) is 24.3 Å². The Morgan fingerprint density at radius 3 is 2.59 bits per heavy atom. The van der Waals surface area contributed by atoms with Crippen LogP contribution in [0, 0.1) is 0 Å². The van der Waals surface area contributed by atoms with E-state index >= 15 is 0 Å². The van der Waals surface area contributed by atoms with Gasteiger partial charge in [0.2, 0.25) is 0 Å². The lowest BCUT2D eigenvalue weighted by molar-refractivity contribution is 0.414. The molecule has 1 aliphatic heterocycles. The second kappa shape index (κ2) is 8.42. The number of nitrogens with zero attached hydrogens (tertiary/aromatic N) is 2. The Kier molecular flexibility index (Phi) is 5.24. The van der Waals surface area contributed by atoms with Gasteiger partial charge in [-0.1, -0.05) is 77.5 Å². The topological polar surface area (TPSA) is 43.6 Å². The summed E-state index contributed by atoms with van der Waals surface area (Å²) in [5.74, 6) is 0.790. The molecule has 0 saturated carbocycles. The third kappa shape index (κ3) is 3.44. The van der Waals surface area contributed by atoms with E-state index in [0.29, 0.717) is 14.4 Å². The van der Waals surface area contributed by atoms with E-state index in [1.54, 1.807) is 7.11 Å². The van der Waals surface area contributed by atoms with Gasteiger partial charge < -0.3 is 4.74 Å². The Hall–Kier alpha value is -3.41. The number of aryl methyl sites for hydroxylation is 1. The molecule has 1 atom stereocenters. The maximum Gasteiger partial charge on any atom is 0.271 e. The number of thiazole rings is 1. The minimum Gasteiger partial charge on any atom is -0.497 e. The maximum atomic E-state index is 13.7. The number of benzene rings is 3. The molecule has 1 aliphatic carbocycles. The number of hydrogen-bond acceptors (Lipinski definition) is 4. The van der Waals surface area contributed by atoms with Crippen molar-refractivity contribution >= 4 is 34.7 Å². The van der Waals surface area contributed by atoms with Crippen molar-refractivity contribution in [1.82, 2.24) is 4.57 Å². The zero-order chi connectivity index (χ0) is 23.2. The summed E-state index contributed by atoms with van der Waals surface area (Å²) < 4.78 is 7.84. The molecule has 2 aliphatic rings. The zero-order valence-electron chi connectivity index (χ0n) is 18.5. The van der Waals surface area contributed by atoms with Crippen LogP contribution in [0.3, 0.4) is 0 Å². The van der Waals surface area contributed by atoms with Crippen molar-refractivity contribution in [2.24, 2.45) is 4.99 Å². The molecule has 168 valence electrons. The molecule has 0 saturated heterocycles. The predicted octanol–water partition coefficient (Wildman–Crippen LogP) is 4.98. The van der Waals surface area contributed by atoms with Gasteiger partial charge in [-0.05, 0) is 59.4 Å². The number of methoxy groups -OCH3 is 1. The van der Waals surface area contributed by atoms with Crippen molar-refractivity contribution in [2.45, 2.75) is 18.9 Å². The van der Waals surface area contributed by atoms with Gasteiger partial charge >= 0.3 is 0 Å². The highest BCUT2D eigenvalue weighted by atomic mass is 35.5. The lowest BCUT2D eigenvalue weighted by atomic mass is 9.83. The van der Waals surface area contributed by atoms with Crippen LogP contribution in [0.1, 0.15) is 34.7 Å². The number of halogens is 1. The molecule has 1 aromatic heterocycles. The number of allylic oxidation sites excluding steroid dienone is 1. The van der Waals surface area contributed by atoms with E-state index in [0.717, 1.165) is 41.0 Å². The van der Waals surface area contributed by atoms with E-state index in [1.807, 2.05) is 59.2 Å². The second-order valence-electron chi connectivity index (χ2n) is 8.41. The third-order valence-electron chi connectivity index (χ3n) is 6.50. The fraction of sp³-hybridized carbons (Fsp3) is 0.143. The first-order chi connectivity index (χ1) is 16.6. The Bertz CT molecular complexity index is 1630. The highest BCUT2D eigenvalue weighted by molar-refractivity contribution is 7.07. The van der Waals surface area contributed by atoms with Crippen LogP contribution in [-0.2, 0) is 6.42 Å². The number of rotatable bonds is 3. The minimum absolute atomic E-state index is 0.0464. The van der Waals surface area contributed by atoms with Crippen LogP contribution in [0.4, 0.5) is 0 Å². The van der Waals surface area contributed by atoms with Gasteiger partial charge in [-0.2, -0.15) is 0 Å². The molecule has 3 aromatic carbocycles. The molecule has 0 bridgehead atoms. The molecule has 0 radical (unpaired) electrons. The van der Waals surface area contributed by atoms with Crippen LogP contribution in [0.2, 0.25) is 5.02 Å². The Balaban J connectivity index is 1.62. The molecule has 6 heteroatoms. The fourth-order valence-electron chi connectivity index (χ4n) is 4.84. The van der Waals surface area contributed by atoms with Crippen molar-refractivity contribution in [3.63, 3.8) is 0 Å². The molecule has 6 rings (SSSR count). The summed E-state index contributed by atoms with van der Waals surface area (Å²) in [4.78, 5) is 19.5. The van der Waals surface area contributed by atoms with Gasteiger partial charge in [0.25, 0.3) is 5.56 Å². The molecule has 0 amide bonds. The molecule has 0 fully saturated rings. The fourth-order valence-corrected chi connectivity index (χ4v) is 6.02. The quantitative estimate of drug-likeness (QED) is 0.411. The van der Waals surface area contributed by atoms with E-state index in [-0.39, 0.29) is 11.6 Å². The van der Waals surface area contributed by atoms with Gasteiger partial charge in [0.1, 0.15) is 5.75 Å². The summed E-state index contributed by atoms with van der Waals surface area (Å²) in [6.07, 6.45) is 3.66. The number of ether oxygens (including phenoxy) is 1. The number of fused-ring (bicyclic) bond motifs is 3. The molecule has 0 spiro atoms. The molecule has 34 heavy (non-hydrogen) atoms. The van der Waals surface area contributed by atoms with E-state index in [1.165, 1.54) is 22.5 Å². The number of hydrogen-bond donors (Lipinski definition) is 0. The molecule has 1 unspecified atom stereocenters. The highest BCUT2D eigenvalue weighted by Crippen LogP contribution is 2.41. The maximum absolute atomic E-state index is 13.7. The minimum atomic E-state index is -0.209. The molecular weight excluding hydrogens is 464 g/mol. The SMILES string of the molecule is COc1ccc(C2C3=C(N=c4sc(=Cc5ccccc5Cl)c(=O)n42)c2ccccc2CC3)cc1. The standard InChI is InChI=1S/C28H21ClN2O2S/c1-33-20-13-10-18(11-14-20)26-22-15-12-17-6-2-4-8-21(17)25(22)30-28-31(26)27(32)24(34-28)16-19-7-3-5-9-23(19)29/h2-11,13-14,16,26H,12,15H2,1H3. The molecular formula is C28H21ClN2O2S. The first-order valence-corrected chi connectivity index (χ1v) is 12.3. The van der Waals surface area contributed by atoms with Gasteiger partial charge in [-0.3, -0.25) is 9.36 Å². The summed E-state index contributed by atoms with van der Waals surface area (Å²) in [5.41, 5.74) is 6.46. The van der Waals surface area contributed by atoms with Crippen molar-refractivity contribution in [3.8, 4) is 5.75 Å². The average molecular weight is 485 g/mol. The summed E-state index contributed by atoms with van der Waals surface area (Å²) >= 11 is 7.80. The molecule has 4 nitrogen and oxygen atoms in total. The van der Waals surface area contributed by atoms with Gasteiger partial charge in [-0.15, -0.1) is 0 Å². The first-order valence-electron chi connectivity index (χ1n) is 11.2. The Morgan fingerprint density at radius 1 is 1.03 bits per heavy atom. The average Bonchev–Trinajstić information content (AvgIpc) is 3.18.